The molecule has 22 heteroatoms. The number of hydrogen-bond acceptors (Lipinski definition) is 13. The fourth-order valence-corrected chi connectivity index (χ4v) is 11.2. The zero-order valence-electron chi connectivity index (χ0n) is 47.8. The van der Waals surface area contributed by atoms with Crippen LogP contribution in [0, 0.1) is 25.5 Å². The average molecular weight is 1210 g/mol. The van der Waals surface area contributed by atoms with E-state index in [9.17, 15) is 52.2 Å². The molecule has 6 aromatic rings. The summed E-state index contributed by atoms with van der Waals surface area (Å²) in [6.45, 7) is 9.14. The number of ether oxygens (including phenoxy) is 2. The second-order valence-corrected chi connectivity index (χ2v) is 20.9. The Balaban J connectivity index is 0.000000242. The molecule has 0 radical (unpaired) electrons. The number of aryl methyl sites for hydroxylation is 2. The molecule has 4 aliphatic heterocycles. The summed E-state index contributed by atoms with van der Waals surface area (Å²) in [5.74, 6) is -2.54. The van der Waals surface area contributed by atoms with Gasteiger partial charge in [0.05, 0.1) is 66.5 Å². The Morgan fingerprint density at radius 3 is 1.44 bits per heavy atom. The third-order valence-electron chi connectivity index (χ3n) is 15.4. The van der Waals surface area contributed by atoms with Crippen molar-refractivity contribution in [2.24, 2.45) is 0 Å². The molecule has 0 bridgehead atoms. The number of rotatable bonds is 16. The Morgan fingerprint density at radius 1 is 0.679 bits per heavy atom. The summed E-state index contributed by atoms with van der Waals surface area (Å²) in [6.07, 6.45) is 9.21. The van der Waals surface area contributed by atoms with Crippen LogP contribution in [-0.2, 0) is 91.9 Å². The fraction of sp³-hybridized carbons (Fsp3) is 0.458. The quantitative estimate of drug-likeness (QED) is 0.0289. The molecule has 2 atom stereocenters. The number of nitrogens with zero attached hydrogens (tertiary/aromatic N) is 4. The van der Waals surface area contributed by atoms with Gasteiger partial charge in [0.2, 0.25) is 11.8 Å². The number of benzene rings is 2. The van der Waals surface area contributed by atoms with Crippen LogP contribution in [0.25, 0.3) is 44.6 Å². The Bertz CT molecular complexity index is 3340. The molecule has 428 valence electrons. The smallest absolute Gasteiger partial charge is 0.796 e. The number of pyridine rings is 4. The molecular formula is C59H67BrF3N6NaO10S. The molecule has 8 heterocycles. The van der Waals surface area contributed by atoms with Crippen molar-refractivity contribution in [3.63, 3.8) is 0 Å². The zero-order valence-corrected chi connectivity index (χ0v) is 51.2. The minimum absolute atomic E-state index is 0. The van der Waals surface area contributed by atoms with Crippen LogP contribution in [0.15, 0.2) is 46.0 Å². The third kappa shape index (κ3) is 12.6. The standard InChI is InChI=1S/C29H32FN3O5.C28H29BrFN3O5.CH3F.CH4S.Na/c1-4-6-7-8-9-25(34)31-13-18-17-10-16(3)22(30)12-23(17)32-26-19(18)14-33-24(26)11-21-20(27(33)35)15-38-28(36)29(21,37)5-2;1-3-28(37)20-10-23-25-18(13-33(23)26(35)19(20)14-38-27(28)36)17(12-31-24(34)7-5-4-6-8-29)16-9-15(2)21(30)11-22(16)32-25;2*1-2;/h10-12,37H,4-9,13-15H2,1-3H3,(H,31,34);9-11,37H,3-8,12-14H2,1-2H3,(H,31,34);1H3;2H,1H3;/q;;;;+1/p-1/t29-;28-;;;/m00.../s1/i;;1D;;. The van der Waals surface area contributed by atoms with Crippen molar-refractivity contribution in [1.82, 2.24) is 29.7 Å². The number of alkyl halides is 2. The van der Waals surface area contributed by atoms with Gasteiger partial charge in [-0.1, -0.05) is 62.4 Å². The molecule has 4 aromatic heterocycles. The first-order chi connectivity index (χ1) is 38.8. The van der Waals surface area contributed by atoms with Crippen LogP contribution in [0.5, 0.6) is 0 Å². The first-order valence-electron chi connectivity index (χ1n) is 27.4. The Kier molecular flexibility index (Phi) is 21.7. The predicted molar refractivity (Wildman–Crippen MR) is 303 cm³/mol. The van der Waals surface area contributed by atoms with Crippen LogP contribution < -0.4 is 51.3 Å². The second kappa shape index (κ2) is 27.8. The van der Waals surface area contributed by atoms with E-state index in [0.717, 1.165) is 72.5 Å². The molecule has 81 heavy (non-hydrogen) atoms. The molecule has 16 nitrogen and oxygen atoms in total. The molecule has 0 spiro atoms. The normalized spacial score (nSPS) is 16.9. The number of aromatic nitrogens is 4. The summed E-state index contributed by atoms with van der Waals surface area (Å²) in [7, 11) is -1.00. The van der Waals surface area contributed by atoms with Crippen LogP contribution >= 0.6 is 15.9 Å². The van der Waals surface area contributed by atoms with Crippen molar-refractivity contribution in [3.05, 3.63) is 124 Å². The van der Waals surface area contributed by atoms with Crippen LogP contribution in [0.1, 0.15) is 148 Å². The third-order valence-corrected chi connectivity index (χ3v) is 16.0. The maximum absolute atomic E-state index is 14.6. The van der Waals surface area contributed by atoms with Gasteiger partial charge in [-0.15, -0.1) is 0 Å². The second-order valence-electron chi connectivity index (χ2n) is 20.1. The van der Waals surface area contributed by atoms with E-state index >= 15 is 0 Å². The molecule has 2 amide bonds. The molecule has 2 aromatic carbocycles. The summed E-state index contributed by atoms with van der Waals surface area (Å²) < 4.78 is 58.0. The van der Waals surface area contributed by atoms with Crippen LogP contribution in [0.2, 0.25) is 0 Å². The van der Waals surface area contributed by atoms with Gasteiger partial charge in [-0.05, 0) is 92.5 Å². The van der Waals surface area contributed by atoms with Crippen molar-refractivity contribution in [2.75, 3.05) is 18.7 Å². The largest absolute Gasteiger partial charge is 1.00 e. The first kappa shape index (κ1) is 63.2. The zero-order chi connectivity index (χ0) is 59.1. The van der Waals surface area contributed by atoms with Crippen molar-refractivity contribution in [3.8, 4) is 22.8 Å². The number of carbonyl (C=O) groups is 4. The van der Waals surface area contributed by atoms with E-state index in [4.69, 9.17) is 20.8 Å². The minimum atomic E-state index is -1.93. The Labute approximate surface area is 505 Å². The van der Waals surface area contributed by atoms with Gasteiger partial charge < -0.3 is 52.1 Å². The average Bonchev–Trinajstić information content (AvgIpc) is 3.68. The minimum Gasteiger partial charge on any atom is -0.796 e. The SMILES string of the molecule is CCCCCCC(=O)NCc1c2c(nc3cc(F)c(C)cc13)-c1cc3c(c(=O)n1C2)COC(=O)[C@]3(O)CC.CC[C@@]1(O)C(=O)OCc2c1cc1n(c2=O)Cc2c-1nc1cc(F)c(C)cc1c2CNC(=O)CCCCCBr.C[S-].[2H]CF.[Na+]. The molecule has 10 rings (SSSR count). The fourth-order valence-electron chi connectivity index (χ4n) is 10.8. The van der Waals surface area contributed by atoms with E-state index in [0.29, 0.717) is 68.6 Å². The number of cyclic esters (lactones) is 2. The van der Waals surface area contributed by atoms with Crippen molar-refractivity contribution in [2.45, 2.75) is 156 Å². The molecule has 0 saturated carbocycles. The number of halogens is 4. The molecule has 0 aliphatic carbocycles. The van der Waals surface area contributed by atoms with Crippen molar-refractivity contribution >= 4 is 74.1 Å². The monoisotopic (exact) mass is 1210 g/mol. The van der Waals surface area contributed by atoms with E-state index < -0.39 is 41.9 Å². The number of esters is 2. The number of fused-ring (bicyclic) bond motifs is 10. The predicted octanol–water partition coefficient (Wildman–Crippen LogP) is 5.97. The summed E-state index contributed by atoms with van der Waals surface area (Å²) in [5.41, 5.74) is 2.88. The number of nitrogens with one attached hydrogen (secondary N) is 2. The molecule has 4 aliphatic rings. The maximum atomic E-state index is 14.6. The van der Waals surface area contributed by atoms with Gasteiger partial charge >= 0.3 is 41.5 Å². The van der Waals surface area contributed by atoms with Crippen LogP contribution in [0.4, 0.5) is 13.2 Å². The van der Waals surface area contributed by atoms with Gasteiger partial charge in [0, 0.05) is 76.4 Å². The van der Waals surface area contributed by atoms with Crippen LogP contribution in [-0.4, -0.2) is 71.8 Å². The first-order valence-corrected chi connectivity index (χ1v) is 28.7. The van der Waals surface area contributed by atoms with E-state index in [-0.39, 0.29) is 127 Å². The number of aliphatic hydroxyl groups is 2. The van der Waals surface area contributed by atoms with E-state index in [1.54, 1.807) is 67.4 Å². The Hall–Kier alpha value is -5.42. The van der Waals surface area contributed by atoms with Gasteiger partial charge in [-0.3, -0.25) is 23.6 Å². The number of unbranched alkanes of at least 4 members (excludes halogenated alkanes) is 5. The van der Waals surface area contributed by atoms with E-state index in [2.05, 4.69) is 46.1 Å². The summed E-state index contributed by atoms with van der Waals surface area (Å²) in [6, 6.07) is 9.41. The Morgan fingerprint density at radius 2 is 1.07 bits per heavy atom. The maximum Gasteiger partial charge on any atom is 1.00 e. The number of hydrogen-bond donors (Lipinski definition) is 4. The van der Waals surface area contributed by atoms with Crippen molar-refractivity contribution in [1.29, 1.82) is 0 Å². The summed E-state index contributed by atoms with van der Waals surface area (Å²) in [5, 5.41) is 30.5. The topological polar surface area (TPSA) is 221 Å². The van der Waals surface area contributed by atoms with Crippen LogP contribution in [0.3, 0.4) is 0 Å². The van der Waals surface area contributed by atoms with Gasteiger partial charge in [-0.2, -0.15) is 6.26 Å². The molecule has 4 N–H and O–H groups in total. The molecule has 0 saturated heterocycles. The van der Waals surface area contributed by atoms with Gasteiger partial charge in [-0.25, -0.2) is 28.3 Å². The summed E-state index contributed by atoms with van der Waals surface area (Å²) >= 11 is 7.48. The molecule has 0 unspecified atom stereocenters. The molecular weight excluding hydrogens is 1140 g/mol. The van der Waals surface area contributed by atoms with Gasteiger partial charge in [0.25, 0.3) is 11.1 Å². The number of amides is 2. The molecule has 0 fully saturated rings. The van der Waals surface area contributed by atoms with Crippen molar-refractivity contribution < 1.29 is 83.0 Å². The summed E-state index contributed by atoms with van der Waals surface area (Å²) in [4.78, 5) is 86.6. The van der Waals surface area contributed by atoms with Gasteiger partial charge in [0.1, 0.15) is 24.8 Å². The number of carbonyl (C=O) groups excluding carboxylic acids is 4. The van der Waals surface area contributed by atoms with E-state index in [1.807, 2.05) is 0 Å². The van der Waals surface area contributed by atoms with E-state index in [1.165, 1.54) is 12.1 Å². The van der Waals surface area contributed by atoms with Gasteiger partial charge in [0.15, 0.2) is 11.2 Å².